The van der Waals surface area contributed by atoms with Gasteiger partial charge in [-0.15, -0.1) is 0 Å². The van der Waals surface area contributed by atoms with Crippen LogP contribution in [0.1, 0.15) is 20.7 Å². The lowest BCUT2D eigenvalue weighted by molar-refractivity contribution is 0.0600. The quantitative estimate of drug-likeness (QED) is 0.664. The van der Waals surface area contributed by atoms with Crippen molar-refractivity contribution in [3.63, 3.8) is 0 Å². The Morgan fingerprint density at radius 2 is 2.10 bits per heavy atom. The fourth-order valence-electron chi connectivity index (χ4n) is 1.62. The Balaban J connectivity index is 2.23. The number of halogens is 2. The third-order valence-electron chi connectivity index (χ3n) is 2.59. The molecule has 5 nitrogen and oxygen atoms in total. The predicted octanol–water partition coefficient (Wildman–Crippen LogP) is 3.54. The van der Waals surface area contributed by atoms with E-state index in [1.165, 1.54) is 19.4 Å². The van der Waals surface area contributed by atoms with Crippen LogP contribution in [0.3, 0.4) is 0 Å². The van der Waals surface area contributed by atoms with Crippen molar-refractivity contribution in [1.82, 2.24) is 4.98 Å². The largest absolute Gasteiger partial charge is 0.465 e. The molecule has 0 spiro atoms. The van der Waals surface area contributed by atoms with Gasteiger partial charge in [-0.1, -0.05) is 17.7 Å². The summed E-state index contributed by atoms with van der Waals surface area (Å²) in [6.07, 6.45) is 1.50. The number of pyridine rings is 1. The molecular weight excluding hydrogens is 360 g/mol. The topological polar surface area (TPSA) is 68.3 Å². The normalized spacial score (nSPS) is 10.0. The van der Waals surface area contributed by atoms with Gasteiger partial charge in [0.2, 0.25) is 0 Å². The molecule has 0 atom stereocenters. The van der Waals surface area contributed by atoms with E-state index in [0.717, 1.165) is 0 Å². The number of methoxy groups -OCH3 is 1. The van der Waals surface area contributed by atoms with Gasteiger partial charge in [-0.25, -0.2) is 9.78 Å². The lowest BCUT2D eigenvalue weighted by Crippen LogP contribution is -2.13. The minimum atomic E-state index is -0.478. The van der Waals surface area contributed by atoms with Gasteiger partial charge in [0.25, 0.3) is 5.91 Å². The molecule has 0 bridgehead atoms. The number of aromatic nitrogens is 1. The first kappa shape index (κ1) is 15.5. The van der Waals surface area contributed by atoms with Gasteiger partial charge in [0.05, 0.1) is 18.2 Å². The van der Waals surface area contributed by atoms with Crippen molar-refractivity contribution >= 4 is 45.1 Å². The maximum absolute atomic E-state index is 12.2. The maximum Gasteiger partial charge on any atom is 0.337 e. The molecule has 7 heteroatoms. The maximum atomic E-state index is 12.2. The van der Waals surface area contributed by atoms with Crippen molar-refractivity contribution in [1.29, 1.82) is 0 Å². The molecule has 1 N–H and O–H groups in total. The second-order valence-corrected chi connectivity index (χ2v) is 5.29. The number of nitrogens with one attached hydrogen (secondary N) is 1. The molecule has 21 heavy (non-hydrogen) atoms. The van der Waals surface area contributed by atoms with Gasteiger partial charge in [0.15, 0.2) is 0 Å². The SMILES string of the molecule is COC(=O)c1cccc(NC(=O)c2cc(Br)cnc2Cl)c1. The van der Waals surface area contributed by atoms with Gasteiger partial charge >= 0.3 is 5.97 Å². The second kappa shape index (κ2) is 6.69. The van der Waals surface area contributed by atoms with Crippen molar-refractivity contribution < 1.29 is 14.3 Å². The minimum Gasteiger partial charge on any atom is -0.465 e. The molecule has 1 amide bonds. The average molecular weight is 370 g/mol. The van der Waals surface area contributed by atoms with Crippen LogP contribution in [0.25, 0.3) is 0 Å². The Kier molecular flexibility index (Phi) is 4.93. The second-order valence-electron chi connectivity index (χ2n) is 4.02. The number of nitrogens with zero attached hydrogens (tertiary/aromatic N) is 1. The number of carbonyl (C=O) groups excluding carboxylic acids is 2. The standard InChI is InChI=1S/C14H10BrClN2O3/c1-21-14(20)8-3-2-4-10(5-8)18-13(19)11-6-9(15)7-17-12(11)16/h2-7H,1H3,(H,18,19). The van der Waals surface area contributed by atoms with Gasteiger partial charge in [-0.3, -0.25) is 4.79 Å². The summed E-state index contributed by atoms with van der Waals surface area (Å²) in [6.45, 7) is 0. The van der Waals surface area contributed by atoms with Gasteiger partial charge in [0.1, 0.15) is 5.15 Å². The molecule has 0 unspecified atom stereocenters. The highest BCUT2D eigenvalue weighted by Gasteiger charge is 2.13. The van der Waals surface area contributed by atoms with Crippen LogP contribution in [0, 0.1) is 0 Å². The first-order valence-electron chi connectivity index (χ1n) is 5.82. The van der Waals surface area contributed by atoms with E-state index >= 15 is 0 Å². The summed E-state index contributed by atoms with van der Waals surface area (Å²) in [5.41, 5.74) is 1.03. The zero-order valence-electron chi connectivity index (χ0n) is 10.9. The van der Waals surface area contributed by atoms with Crippen LogP contribution in [0.4, 0.5) is 5.69 Å². The monoisotopic (exact) mass is 368 g/mol. The zero-order chi connectivity index (χ0) is 15.4. The minimum absolute atomic E-state index is 0.0971. The van der Waals surface area contributed by atoms with E-state index in [1.807, 2.05) is 0 Å². The summed E-state index contributed by atoms with van der Waals surface area (Å²) in [5.74, 6) is -0.899. The molecule has 0 saturated carbocycles. The van der Waals surface area contributed by atoms with E-state index in [0.29, 0.717) is 15.7 Å². The van der Waals surface area contributed by atoms with Crippen molar-refractivity contribution in [2.24, 2.45) is 0 Å². The van der Waals surface area contributed by atoms with Gasteiger partial charge < -0.3 is 10.1 Å². The molecule has 0 saturated heterocycles. The number of carbonyl (C=O) groups is 2. The van der Waals surface area contributed by atoms with Crippen molar-refractivity contribution in [2.45, 2.75) is 0 Å². The zero-order valence-corrected chi connectivity index (χ0v) is 13.2. The Labute approximate surface area is 134 Å². The third-order valence-corrected chi connectivity index (χ3v) is 3.33. The summed E-state index contributed by atoms with van der Waals surface area (Å²) in [6, 6.07) is 7.97. The number of hydrogen-bond donors (Lipinski definition) is 1. The lowest BCUT2D eigenvalue weighted by atomic mass is 10.2. The molecule has 108 valence electrons. The molecule has 1 aromatic heterocycles. The van der Waals surface area contributed by atoms with Crippen LogP contribution in [-0.2, 0) is 4.74 Å². The first-order chi connectivity index (χ1) is 10.0. The van der Waals surface area contributed by atoms with Crippen LogP contribution < -0.4 is 5.32 Å². The van der Waals surface area contributed by atoms with Crippen LogP contribution in [0.2, 0.25) is 5.15 Å². The molecule has 0 fully saturated rings. The molecule has 2 aromatic rings. The van der Waals surface area contributed by atoms with Crippen molar-refractivity contribution in [3.8, 4) is 0 Å². The summed E-state index contributed by atoms with van der Waals surface area (Å²) in [5, 5.41) is 2.75. The third kappa shape index (κ3) is 3.80. The van der Waals surface area contributed by atoms with Crippen LogP contribution in [-0.4, -0.2) is 24.0 Å². The van der Waals surface area contributed by atoms with Gasteiger partial charge in [-0.2, -0.15) is 0 Å². The van der Waals surface area contributed by atoms with Crippen molar-refractivity contribution in [2.75, 3.05) is 12.4 Å². The van der Waals surface area contributed by atoms with Gasteiger partial charge in [-0.05, 0) is 40.2 Å². The summed E-state index contributed by atoms with van der Waals surface area (Å²) in [4.78, 5) is 27.5. The van der Waals surface area contributed by atoms with Crippen LogP contribution >= 0.6 is 27.5 Å². The highest BCUT2D eigenvalue weighted by molar-refractivity contribution is 9.10. The first-order valence-corrected chi connectivity index (χ1v) is 6.99. The molecule has 0 aliphatic heterocycles. The van der Waals surface area contributed by atoms with E-state index in [4.69, 9.17) is 11.6 Å². The van der Waals surface area contributed by atoms with E-state index < -0.39 is 11.9 Å². The Hall–Kier alpha value is -1.92. The number of benzene rings is 1. The summed E-state index contributed by atoms with van der Waals surface area (Å²) in [7, 11) is 1.29. The number of hydrogen-bond acceptors (Lipinski definition) is 4. The predicted molar refractivity (Wildman–Crippen MR) is 82.7 cm³/mol. The highest BCUT2D eigenvalue weighted by atomic mass is 79.9. The number of ether oxygens (including phenoxy) is 1. The highest BCUT2D eigenvalue weighted by Crippen LogP contribution is 2.20. The Morgan fingerprint density at radius 3 is 2.81 bits per heavy atom. The molecule has 0 aliphatic rings. The lowest BCUT2D eigenvalue weighted by Gasteiger charge is -2.08. The van der Waals surface area contributed by atoms with Crippen molar-refractivity contribution in [3.05, 3.63) is 57.3 Å². The number of rotatable bonds is 3. The van der Waals surface area contributed by atoms with E-state index in [-0.39, 0.29) is 10.7 Å². The van der Waals surface area contributed by atoms with Gasteiger partial charge in [0, 0.05) is 16.4 Å². The Bertz CT molecular complexity index is 706. The number of esters is 1. The molecule has 1 aromatic carbocycles. The number of amides is 1. The summed E-state index contributed by atoms with van der Waals surface area (Å²) >= 11 is 9.12. The molecule has 2 rings (SSSR count). The fourth-order valence-corrected chi connectivity index (χ4v) is 2.14. The molecule has 0 aliphatic carbocycles. The number of anilines is 1. The van der Waals surface area contributed by atoms with E-state index in [1.54, 1.807) is 24.3 Å². The van der Waals surface area contributed by atoms with Crippen LogP contribution in [0.5, 0.6) is 0 Å². The fraction of sp³-hybridized carbons (Fsp3) is 0.0714. The average Bonchev–Trinajstić information content (AvgIpc) is 2.49. The van der Waals surface area contributed by atoms with E-state index in [2.05, 4.69) is 31.0 Å². The molecule has 1 heterocycles. The summed E-state index contributed by atoms with van der Waals surface area (Å²) < 4.78 is 5.27. The Morgan fingerprint density at radius 1 is 1.33 bits per heavy atom. The molecule has 0 radical (unpaired) electrons. The van der Waals surface area contributed by atoms with E-state index in [9.17, 15) is 9.59 Å². The molecular formula is C14H10BrClN2O3. The van der Waals surface area contributed by atoms with Crippen LogP contribution in [0.15, 0.2) is 41.0 Å². The smallest absolute Gasteiger partial charge is 0.337 e.